The number of nitrogens with one attached hydrogen (secondary N) is 1. The highest BCUT2D eigenvalue weighted by molar-refractivity contribution is 8.06. The van der Waals surface area contributed by atoms with Crippen molar-refractivity contribution in [2.45, 2.75) is 12.2 Å². The van der Waals surface area contributed by atoms with Gasteiger partial charge in [0, 0.05) is 34.6 Å². The number of thioether (sulfide) groups is 2. The van der Waals surface area contributed by atoms with Gasteiger partial charge < -0.3 is 11.1 Å². The van der Waals surface area contributed by atoms with Crippen LogP contribution >= 0.6 is 23.5 Å². The van der Waals surface area contributed by atoms with Gasteiger partial charge in [0.1, 0.15) is 18.0 Å². The Labute approximate surface area is 104 Å². The maximum atomic E-state index is 5.73. The SMILES string of the molecule is Cc1c(N)ncnc1NCC1CSCCS1. The Hall–Kier alpha value is -0.620. The fraction of sp³-hybridized carbons (Fsp3) is 0.600. The molecule has 0 spiro atoms. The first-order valence-corrected chi connectivity index (χ1v) is 7.48. The van der Waals surface area contributed by atoms with Gasteiger partial charge in [0.15, 0.2) is 0 Å². The topological polar surface area (TPSA) is 63.8 Å². The first-order chi connectivity index (χ1) is 7.77. The third-order valence-corrected chi connectivity index (χ3v) is 5.35. The molecule has 4 nitrogen and oxygen atoms in total. The van der Waals surface area contributed by atoms with E-state index in [9.17, 15) is 0 Å². The van der Waals surface area contributed by atoms with Gasteiger partial charge in [0.25, 0.3) is 0 Å². The van der Waals surface area contributed by atoms with Crippen molar-refractivity contribution >= 4 is 35.2 Å². The van der Waals surface area contributed by atoms with E-state index in [1.54, 1.807) is 0 Å². The zero-order valence-electron chi connectivity index (χ0n) is 9.27. The van der Waals surface area contributed by atoms with Crippen LogP contribution in [0.25, 0.3) is 0 Å². The van der Waals surface area contributed by atoms with E-state index in [1.165, 1.54) is 23.6 Å². The smallest absolute Gasteiger partial charge is 0.134 e. The second kappa shape index (κ2) is 5.63. The largest absolute Gasteiger partial charge is 0.383 e. The number of nitrogens with two attached hydrogens (primary N) is 1. The number of rotatable bonds is 3. The van der Waals surface area contributed by atoms with E-state index < -0.39 is 0 Å². The molecule has 0 bridgehead atoms. The Morgan fingerprint density at radius 3 is 3.12 bits per heavy atom. The predicted molar refractivity (Wildman–Crippen MR) is 73.2 cm³/mol. The molecule has 1 aliphatic rings. The molecule has 1 aromatic rings. The first-order valence-electron chi connectivity index (χ1n) is 5.27. The summed E-state index contributed by atoms with van der Waals surface area (Å²) in [5, 5.41) is 4.03. The lowest BCUT2D eigenvalue weighted by Gasteiger charge is -2.21. The number of anilines is 2. The Kier molecular flexibility index (Phi) is 4.17. The molecule has 0 saturated carbocycles. The Morgan fingerprint density at radius 1 is 1.50 bits per heavy atom. The predicted octanol–water partition coefficient (Wildman–Crippen LogP) is 1.63. The summed E-state index contributed by atoms with van der Waals surface area (Å²) in [4.78, 5) is 8.16. The highest BCUT2D eigenvalue weighted by atomic mass is 32.2. The van der Waals surface area contributed by atoms with Crippen molar-refractivity contribution in [2.24, 2.45) is 0 Å². The van der Waals surface area contributed by atoms with Gasteiger partial charge in [0.2, 0.25) is 0 Å². The van der Waals surface area contributed by atoms with Crippen LogP contribution in [0, 0.1) is 6.92 Å². The average molecular weight is 256 g/mol. The molecule has 0 aliphatic carbocycles. The molecule has 2 heterocycles. The van der Waals surface area contributed by atoms with Crippen molar-refractivity contribution < 1.29 is 0 Å². The summed E-state index contributed by atoms with van der Waals surface area (Å²) in [6.07, 6.45) is 1.51. The third kappa shape index (κ3) is 2.95. The van der Waals surface area contributed by atoms with Crippen LogP contribution in [0.1, 0.15) is 5.56 Å². The van der Waals surface area contributed by atoms with Crippen molar-refractivity contribution in [3.63, 3.8) is 0 Å². The van der Waals surface area contributed by atoms with Gasteiger partial charge in [-0.15, -0.1) is 0 Å². The van der Waals surface area contributed by atoms with E-state index in [2.05, 4.69) is 15.3 Å². The summed E-state index contributed by atoms with van der Waals surface area (Å²) in [6, 6.07) is 0. The van der Waals surface area contributed by atoms with Gasteiger partial charge in [-0.3, -0.25) is 0 Å². The number of nitrogen functional groups attached to an aromatic ring is 1. The van der Waals surface area contributed by atoms with Gasteiger partial charge in [0.05, 0.1) is 0 Å². The van der Waals surface area contributed by atoms with E-state index in [-0.39, 0.29) is 0 Å². The summed E-state index contributed by atoms with van der Waals surface area (Å²) in [5.74, 6) is 5.17. The lowest BCUT2D eigenvalue weighted by Crippen LogP contribution is -2.24. The Balaban J connectivity index is 1.91. The molecule has 88 valence electrons. The van der Waals surface area contributed by atoms with E-state index in [1.807, 2.05) is 30.4 Å². The molecule has 3 N–H and O–H groups in total. The van der Waals surface area contributed by atoms with Crippen molar-refractivity contribution in [2.75, 3.05) is 34.9 Å². The molecule has 1 fully saturated rings. The van der Waals surface area contributed by atoms with Gasteiger partial charge in [-0.05, 0) is 6.92 Å². The molecule has 0 radical (unpaired) electrons. The second-order valence-corrected chi connectivity index (χ2v) is 6.24. The molecule has 16 heavy (non-hydrogen) atoms. The van der Waals surface area contributed by atoms with Crippen molar-refractivity contribution in [1.29, 1.82) is 0 Å². The number of hydrogen-bond acceptors (Lipinski definition) is 6. The lowest BCUT2D eigenvalue weighted by atomic mass is 10.3. The van der Waals surface area contributed by atoms with Crippen LogP contribution in [0.5, 0.6) is 0 Å². The monoisotopic (exact) mass is 256 g/mol. The van der Waals surface area contributed by atoms with Crippen molar-refractivity contribution in [1.82, 2.24) is 9.97 Å². The van der Waals surface area contributed by atoms with Crippen LogP contribution in [0.3, 0.4) is 0 Å². The van der Waals surface area contributed by atoms with Crippen molar-refractivity contribution in [3.05, 3.63) is 11.9 Å². The molecule has 1 aliphatic heterocycles. The van der Waals surface area contributed by atoms with E-state index in [0.29, 0.717) is 11.1 Å². The highest BCUT2D eigenvalue weighted by Gasteiger charge is 2.14. The molecule has 2 rings (SSSR count). The standard InChI is InChI=1S/C10H16N4S2/c1-7-9(11)13-6-14-10(7)12-4-8-5-15-2-3-16-8/h6,8H,2-5H2,1H3,(H3,11,12,13,14). The molecule has 1 atom stereocenters. The Morgan fingerprint density at radius 2 is 2.38 bits per heavy atom. The molecular weight excluding hydrogens is 240 g/mol. The fourth-order valence-corrected chi connectivity index (χ4v) is 4.12. The summed E-state index contributed by atoms with van der Waals surface area (Å²) < 4.78 is 0. The quantitative estimate of drug-likeness (QED) is 0.857. The highest BCUT2D eigenvalue weighted by Crippen LogP contribution is 2.24. The van der Waals surface area contributed by atoms with Gasteiger partial charge in [-0.25, -0.2) is 9.97 Å². The molecule has 1 saturated heterocycles. The molecule has 6 heteroatoms. The second-order valence-electron chi connectivity index (χ2n) is 3.68. The number of nitrogens with zero attached hydrogens (tertiary/aromatic N) is 2. The van der Waals surface area contributed by atoms with Crippen LogP contribution < -0.4 is 11.1 Å². The van der Waals surface area contributed by atoms with E-state index in [4.69, 9.17) is 5.73 Å². The van der Waals surface area contributed by atoms with Gasteiger partial charge in [-0.1, -0.05) is 0 Å². The summed E-state index contributed by atoms with van der Waals surface area (Å²) >= 11 is 4.06. The normalized spacial score (nSPS) is 20.7. The summed E-state index contributed by atoms with van der Waals surface area (Å²) in [7, 11) is 0. The van der Waals surface area contributed by atoms with Crippen LogP contribution in [0.4, 0.5) is 11.6 Å². The van der Waals surface area contributed by atoms with E-state index in [0.717, 1.165) is 17.9 Å². The first kappa shape index (κ1) is 11.9. The fourth-order valence-electron chi connectivity index (χ4n) is 1.51. The maximum Gasteiger partial charge on any atom is 0.134 e. The average Bonchev–Trinajstić information content (AvgIpc) is 2.32. The summed E-state index contributed by atoms with van der Waals surface area (Å²) in [6.45, 7) is 2.90. The zero-order valence-corrected chi connectivity index (χ0v) is 10.9. The van der Waals surface area contributed by atoms with Crippen LogP contribution in [0.2, 0.25) is 0 Å². The van der Waals surface area contributed by atoms with Crippen molar-refractivity contribution in [3.8, 4) is 0 Å². The number of aromatic nitrogens is 2. The maximum absolute atomic E-state index is 5.73. The molecule has 1 aromatic heterocycles. The third-order valence-electron chi connectivity index (χ3n) is 2.51. The molecular formula is C10H16N4S2. The van der Waals surface area contributed by atoms with Gasteiger partial charge in [-0.2, -0.15) is 23.5 Å². The zero-order chi connectivity index (χ0) is 11.4. The molecule has 0 amide bonds. The minimum Gasteiger partial charge on any atom is -0.383 e. The molecule has 1 unspecified atom stereocenters. The number of hydrogen-bond donors (Lipinski definition) is 2. The lowest BCUT2D eigenvalue weighted by molar-refractivity contribution is 0.982. The summed E-state index contributed by atoms with van der Waals surface area (Å²) in [5.41, 5.74) is 6.67. The minimum atomic E-state index is 0.558. The minimum absolute atomic E-state index is 0.558. The van der Waals surface area contributed by atoms with Crippen LogP contribution in [-0.2, 0) is 0 Å². The molecule has 0 aromatic carbocycles. The van der Waals surface area contributed by atoms with Crippen LogP contribution in [0.15, 0.2) is 6.33 Å². The van der Waals surface area contributed by atoms with Crippen LogP contribution in [-0.4, -0.2) is 39.0 Å². The van der Waals surface area contributed by atoms with E-state index >= 15 is 0 Å². The van der Waals surface area contributed by atoms with Gasteiger partial charge >= 0.3 is 0 Å². The Bertz CT molecular complexity index is 353.